The summed E-state index contributed by atoms with van der Waals surface area (Å²) in [7, 11) is 0. The van der Waals surface area contributed by atoms with Crippen molar-refractivity contribution in [1.29, 1.82) is 0 Å². The van der Waals surface area contributed by atoms with Crippen LogP contribution in [0.3, 0.4) is 0 Å². The van der Waals surface area contributed by atoms with Crippen LogP contribution in [0.4, 0.5) is 18.0 Å². The van der Waals surface area contributed by atoms with E-state index in [4.69, 9.17) is 0 Å². The van der Waals surface area contributed by atoms with Gasteiger partial charge >= 0.3 is 12.2 Å². The molecule has 3 amide bonds. The number of nitrogens with zero attached hydrogens (tertiary/aromatic N) is 4. The monoisotopic (exact) mass is 399 g/mol. The number of piperidine rings is 2. The number of aromatic nitrogens is 2. The minimum Gasteiger partial charge on any atom is -0.347 e. The normalized spacial score (nSPS) is 22.9. The summed E-state index contributed by atoms with van der Waals surface area (Å²) in [4.78, 5) is 27.8. The molecule has 4 rings (SSSR count). The molecule has 0 unspecified atom stereocenters. The molecule has 10 heteroatoms. The Kier molecular flexibility index (Phi) is 4.75. The van der Waals surface area contributed by atoms with Crippen molar-refractivity contribution in [3.8, 4) is 0 Å². The van der Waals surface area contributed by atoms with E-state index in [-0.39, 0.29) is 23.4 Å². The number of rotatable bonds is 2. The topological polar surface area (TPSA) is 70.5 Å². The van der Waals surface area contributed by atoms with Gasteiger partial charge in [-0.1, -0.05) is 0 Å². The maximum absolute atomic E-state index is 12.7. The Hall–Kier alpha value is -2.26. The lowest BCUT2D eigenvalue weighted by Crippen LogP contribution is -2.73. The lowest BCUT2D eigenvalue weighted by Gasteiger charge is -2.53. The fraction of sp³-hybridized carbons (Fsp3) is 0.722. The van der Waals surface area contributed by atoms with Crippen LogP contribution in [0.25, 0.3) is 0 Å². The summed E-state index contributed by atoms with van der Waals surface area (Å²) in [6, 6.07) is -0.0117. The number of hydrogen-bond acceptors (Lipinski definition) is 3. The molecule has 3 saturated heterocycles. The van der Waals surface area contributed by atoms with Gasteiger partial charge in [-0.25, -0.2) is 4.79 Å². The van der Waals surface area contributed by atoms with Crippen LogP contribution in [-0.2, 0) is 17.5 Å². The molecule has 154 valence electrons. The molecule has 28 heavy (non-hydrogen) atoms. The molecule has 0 aromatic carbocycles. The smallest absolute Gasteiger partial charge is 0.347 e. The van der Waals surface area contributed by atoms with Gasteiger partial charge in [0, 0.05) is 45.3 Å². The van der Waals surface area contributed by atoms with Crippen molar-refractivity contribution in [2.24, 2.45) is 5.92 Å². The van der Waals surface area contributed by atoms with E-state index in [1.807, 2.05) is 0 Å². The SMILES string of the molecule is O=C1CCCC2(CN(C(=O)N3CCC(Cn4cc(C(F)(F)F)cn4)CC3)C2)N1. The van der Waals surface area contributed by atoms with Crippen LogP contribution in [-0.4, -0.2) is 63.2 Å². The van der Waals surface area contributed by atoms with Crippen LogP contribution in [0.1, 0.15) is 37.7 Å². The van der Waals surface area contributed by atoms with Crippen molar-refractivity contribution in [2.45, 2.75) is 50.4 Å². The highest BCUT2D eigenvalue weighted by molar-refractivity contribution is 5.80. The molecule has 0 bridgehead atoms. The molecule has 3 fully saturated rings. The zero-order chi connectivity index (χ0) is 19.9. The van der Waals surface area contributed by atoms with Gasteiger partial charge in [-0.15, -0.1) is 0 Å². The third-order valence-corrected chi connectivity index (χ3v) is 6.01. The van der Waals surface area contributed by atoms with Gasteiger partial charge in [-0.05, 0) is 31.6 Å². The van der Waals surface area contributed by atoms with E-state index in [1.54, 1.807) is 9.80 Å². The standard InChI is InChI=1S/C18H24F3N5O2/c19-18(20,21)14-8-22-26(10-14)9-13-3-6-24(7-4-13)16(28)25-11-17(12-25)5-1-2-15(27)23-17/h8,10,13H,1-7,9,11-12H2,(H,23,27). The molecule has 3 aliphatic heterocycles. The fourth-order valence-corrected chi connectivity index (χ4v) is 4.45. The maximum Gasteiger partial charge on any atom is 0.419 e. The molecule has 0 aliphatic carbocycles. The molecular weight excluding hydrogens is 375 g/mol. The number of nitrogens with one attached hydrogen (secondary N) is 1. The highest BCUT2D eigenvalue weighted by Crippen LogP contribution is 2.32. The molecule has 1 spiro atoms. The van der Waals surface area contributed by atoms with Crippen molar-refractivity contribution >= 4 is 11.9 Å². The summed E-state index contributed by atoms with van der Waals surface area (Å²) in [5.41, 5.74) is -0.971. The molecule has 3 aliphatic rings. The minimum atomic E-state index is -4.37. The number of halogens is 3. The molecule has 1 aromatic heterocycles. The molecule has 1 N–H and O–H groups in total. The van der Waals surface area contributed by atoms with Crippen LogP contribution < -0.4 is 5.32 Å². The van der Waals surface area contributed by atoms with Gasteiger partial charge in [-0.3, -0.25) is 9.48 Å². The summed E-state index contributed by atoms with van der Waals surface area (Å²) in [5.74, 6) is 0.261. The molecular formula is C18H24F3N5O2. The summed E-state index contributed by atoms with van der Waals surface area (Å²) >= 11 is 0. The Balaban J connectivity index is 1.24. The van der Waals surface area contributed by atoms with Gasteiger partial charge in [0.05, 0.1) is 17.3 Å². The third kappa shape index (κ3) is 3.81. The van der Waals surface area contributed by atoms with Crippen molar-refractivity contribution in [2.75, 3.05) is 26.2 Å². The molecule has 0 saturated carbocycles. The lowest BCUT2D eigenvalue weighted by molar-refractivity contribution is -0.137. The Morgan fingerprint density at radius 2 is 1.96 bits per heavy atom. The number of alkyl halides is 3. The Labute approximate surface area is 160 Å². The van der Waals surface area contributed by atoms with Crippen LogP contribution in [0.2, 0.25) is 0 Å². The minimum absolute atomic E-state index is 0.0117. The summed E-state index contributed by atoms with van der Waals surface area (Å²) in [5, 5.41) is 6.83. The predicted molar refractivity (Wildman–Crippen MR) is 93.2 cm³/mol. The molecule has 1 aromatic rings. The second-order valence-corrected chi connectivity index (χ2v) is 8.20. The number of urea groups is 1. The maximum atomic E-state index is 12.7. The van der Waals surface area contributed by atoms with Gasteiger partial charge in [-0.2, -0.15) is 18.3 Å². The highest BCUT2D eigenvalue weighted by atomic mass is 19.4. The largest absolute Gasteiger partial charge is 0.419 e. The Bertz CT molecular complexity index is 749. The second kappa shape index (κ2) is 6.97. The second-order valence-electron chi connectivity index (χ2n) is 8.20. The van der Waals surface area contributed by atoms with Crippen molar-refractivity contribution in [1.82, 2.24) is 24.9 Å². The molecule has 0 radical (unpaired) electrons. The van der Waals surface area contributed by atoms with Gasteiger partial charge in [0.1, 0.15) is 0 Å². The Morgan fingerprint density at radius 3 is 2.57 bits per heavy atom. The van der Waals surface area contributed by atoms with E-state index >= 15 is 0 Å². The first-order valence-electron chi connectivity index (χ1n) is 9.69. The molecule has 4 heterocycles. The lowest BCUT2D eigenvalue weighted by atomic mass is 9.82. The average molecular weight is 399 g/mol. The summed E-state index contributed by atoms with van der Waals surface area (Å²) in [6.07, 6.45) is 1.32. The number of amides is 3. The van der Waals surface area contributed by atoms with E-state index in [0.717, 1.165) is 38.1 Å². The van der Waals surface area contributed by atoms with Gasteiger partial charge in [0.25, 0.3) is 0 Å². The summed E-state index contributed by atoms with van der Waals surface area (Å²) < 4.78 is 39.3. The van der Waals surface area contributed by atoms with Gasteiger partial charge in [0.15, 0.2) is 0 Å². The van der Waals surface area contributed by atoms with Crippen LogP contribution in [0.15, 0.2) is 12.4 Å². The van der Waals surface area contributed by atoms with Gasteiger partial charge < -0.3 is 15.1 Å². The first-order chi connectivity index (χ1) is 13.2. The van der Waals surface area contributed by atoms with E-state index in [2.05, 4.69) is 10.4 Å². The Morgan fingerprint density at radius 1 is 1.25 bits per heavy atom. The average Bonchev–Trinajstić information content (AvgIpc) is 3.08. The third-order valence-electron chi connectivity index (χ3n) is 6.01. The number of hydrogen-bond donors (Lipinski definition) is 1. The summed E-state index contributed by atoms with van der Waals surface area (Å²) in [6.45, 7) is 2.73. The van der Waals surface area contributed by atoms with Crippen molar-refractivity contribution < 1.29 is 22.8 Å². The number of carbonyl (C=O) groups excluding carboxylic acids is 2. The van der Waals surface area contributed by atoms with Crippen LogP contribution in [0, 0.1) is 5.92 Å². The highest BCUT2D eigenvalue weighted by Gasteiger charge is 2.48. The van der Waals surface area contributed by atoms with Crippen molar-refractivity contribution in [3.05, 3.63) is 18.0 Å². The number of carbonyl (C=O) groups is 2. The first-order valence-corrected chi connectivity index (χ1v) is 9.69. The van der Waals surface area contributed by atoms with Crippen LogP contribution >= 0.6 is 0 Å². The van der Waals surface area contributed by atoms with E-state index in [1.165, 1.54) is 4.68 Å². The first kappa shape index (κ1) is 19.1. The molecule has 7 nitrogen and oxygen atoms in total. The van der Waals surface area contributed by atoms with E-state index in [9.17, 15) is 22.8 Å². The predicted octanol–water partition coefficient (Wildman–Crippen LogP) is 2.09. The van der Waals surface area contributed by atoms with E-state index < -0.39 is 11.7 Å². The number of likely N-dealkylation sites (tertiary alicyclic amines) is 2. The van der Waals surface area contributed by atoms with Crippen LogP contribution in [0.5, 0.6) is 0 Å². The molecule has 0 atom stereocenters. The zero-order valence-electron chi connectivity index (χ0n) is 15.5. The quantitative estimate of drug-likeness (QED) is 0.828. The van der Waals surface area contributed by atoms with Crippen molar-refractivity contribution in [3.63, 3.8) is 0 Å². The zero-order valence-corrected chi connectivity index (χ0v) is 15.5. The fourth-order valence-electron chi connectivity index (χ4n) is 4.45. The van der Waals surface area contributed by atoms with Gasteiger partial charge in [0.2, 0.25) is 5.91 Å². The van der Waals surface area contributed by atoms with E-state index in [0.29, 0.717) is 39.1 Å².